The molecule has 9 heteroatoms. The molecule has 0 bridgehead atoms. The number of anilines is 3. The number of hydrogen-bond donors (Lipinski definition) is 1. The second-order valence-corrected chi connectivity index (χ2v) is 10.2. The van der Waals surface area contributed by atoms with E-state index in [1.807, 2.05) is 61.5 Å². The monoisotopic (exact) mass is 524 g/mol. The number of fused-ring (bicyclic) bond motifs is 3. The number of aryl methyl sites for hydroxylation is 1. The summed E-state index contributed by atoms with van der Waals surface area (Å²) < 4.78 is 15.1. The molecule has 1 saturated heterocycles. The first-order chi connectivity index (χ1) is 18.9. The molecule has 2 aromatic carbocycles. The van der Waals surface area contributed by atoms with Gasteiger partial charge >= 0.3 is 0 Å². The number of Topliss-reactive ketones (excluding diaryl/α,β-unsaturated/α-hetero) is 1. The van der Waals surface area contributed by atoms with E-state index in [1.165, 1.54) is 12.4 Å². The average Bonchev–Trinajstić information content (AvgIpc) is 3.34. The van der Waals surface area contributed by atoms with Crippen molar-refractivity contribution < 1.29 is 14.0 Å². The summed E-state index contributed by atoms with van der Waals surface area (Å²) in [4.78, 5) is 39.3. The first kappa shape index (κ1) is 24.8. The molecule has 39 heavy (non-hydrogen) atoms. The molecular formula is C30H29FN6O2. The number of halogens is 1. The van der Waals surface area contributed by atoms with Crippen LogP contribution in [0, 0.1) is 12.7 Å². The highest BCUT2D eigenvalue weighted by Crippen LogP contribution is 2.36. The molecule has 1 unspecified atom stereocenters. The molecule has 0 radical (unpaired) electrons. The summed E-state index contributed by atoms with van der Waals surface area (Å²) in [5.74, 6) is -1.16. The number of ketones is 1. The Morgan fingerprint density at radius 3 is 2.56 bits per heavy atom. The van der Waals surface area contributed by atoms with E-state index < -0.39 is 17.5 Å². The SMILES string of the molecule is Cc1cc(-c2ccccc2)c(C(=O)C(=O)Nc2ccc3c(c2)CC2CN(c4ncc(F)cn4)CCCN32)n1C. The smallest absolute Gasteiger partial charge is 0.298 e. The predicted molar refractivity (Wildman–Crippen MR) is 149 cm³/mol. The fourth-order valence-corrected chi connectivity index (χ4v) is 5.70. The third-order valence-electron chi connectivity index (χ3n) is 7.67. The van der Waals surface area contributed by atoms with Gasteiger partial charge < -0.3 is 19.7 Å². The molecule has 2 aliphatic rings. The fourth-order valence-electron chi connectivity index (χ4n) is 5.70. The van der Waals surface area contributed by atoms with Crippen molar-refractivity contribution in [3.05, 3.63) is 89.8 Å². The lowest BCUT2D eigenvalue weighted by Gasteiger charge is -2.27. The Labute approximate surface area is 226 Å². The van der Waals surface area contributed by atoms with E-state index in [0.29, 0.717) is 17.3 Å². The number of carbonyl (C=O) groups excluding carboxylic acids is 2. The van der Waals surface area contributed by atoms with E-state index in [0.717, 1.165) is 60.5 Å². The molecule has 4 aromatic rings. The molecule has 8 nitrogen and oxygen atoms in total. The quantitative estimate of drug-likeness (QED) is 0.308. The normalized spacial score (nSPS) is 16.4. The minimum atomic E-state index is -0.666. The van der Waals surface area contributed by atoms with Gasteiger partial charge in [-0.25, -0.2) is 14.4 Å². The molecule has 1 N–H and O–H groups in total. The van der Waals surface area contributed by atoms with E-state index >= 15 is 0 Å². The second kappa shape index (κ2) is 9.98. The maximum Gasteiger partial charge on any atom is 0.298 e. The third kappa shape index (κ3) is 4.65. The van der Waals surface area contributed by atoms with Crippen LogP contribution < -0.4 is 15.1 Å². The Morgan fingerprint density at radius 2 is 1.79 bits per heavy atom. The van der Waals surface area contributed by atoms with Crippen molar-refractivity contribution in [3.8, 4) is 11.1 Å². The number of carbonyl (C=O) groups is 2. The lowest BCUT2D eigenvalue weighted by molar-refractivity contribution is -0.112. The van der Waals surface area contributed by atoms with E-state index in [2.05, 4.69) is 25.1 Å². The number of rotatable bonds is 5. The zero-order valence-electron chi connectivity index (χ0n) is 21.9. The van der Waals surface area contributed by atoms with Crippen molar-refractivity contribution in [1.82, 2.24) is 14.5 Å². The van der Waals surface area contributed by atoms with Crippen LogP contribution in [0.2, 0.25) is 0 Å². The Morgan fingerprint density at radius 1 is 1.03 bits per heavy atom. The van der Waals surface area contributed by atoms with Gasteiger partial charge in [-0.2, -0.15) is 0 Å². The minimum absolute atomic E-state index is 0.212. The van der Waals surface area contributed by atoms with Crippen LogP contribution in [0.15, 0.2) is 67.0 Å². The van der Waals surface area contributed by atoms with Gasteiger partial charge in [0, 0.05) is 49.3 Å². The Balaban J connectivity index is 1.20. The Kier molecular flexibility index (Phi) is 6.34. The van der Waals surface area contributed by atoms with Gasteiger partial charge in [-0.15, -0.1) is 0 Å². The van der Waals surface area contributed by atoms with Gasteiger partial charge in [0.05, 0.1) is 18.4 Å². The number of hydrogen-bond acceptors (Lipinski definition) is 6. The molecule has 1 fully saturated rings. The molecule has 1 atom stereocenters. The molecule has 1 amide bonds. The molecule has 0 aliphatic carbocycles. The number of aromatic nitrogens is 3. The maximum atomic E-state index is 13.4. The standard InChI is InChI=1S/C30H29FN6O2/c1-19-13-25(20-7-4-3-5-8-20)27(35(19)2)28(38)29(39)34-23-9-10-26-21(14-23)15-24-18-36(11-6-12-37(24)26)30-32-16-22(31)17-33-30/h3-5,7-10,13-14,16-17,24H,6,11-12,15,18H2,1-2H3,(H,34,39). The number of nitrogens with one attached hydrogen (secondary N) is 1. The van der Waals surface area contributed by atoms with E-state index in [1.54, 1.807) is 11.6 Å². The lowest BCUT2D eigenvalue weighted by atomic mass is 10.0. The van der Waals surface area contributed by atoms with Crippen LogP contribution in [0.5, 0.6) is 0 Å². The van der Waals surface area contributed by atoms with Crippen molar-refractivity contribution >= 4 is 29.0 Å². The summed E-state index contributed by atoms with van der Waals surface area (Å²) in [6.45, 7) is 4.32. The van der Waals surface area contributed by atoms with Crippen LogP contribution in [0.1, 0.15) is 28.2 Å². The molecule has 2 aromatic heterocycles. The summed E-state index contributed by atoms with van der Waals surface area (Å²) in [6, 6.07) is 17.6. The molecule has 6 rings (SSSR count). The molecule has 0 saturated carbocycles. The van der Waals surface area contributed by atoms with Gasteiger partial charge in [-0.05, 0) is 55.2 Å². The molecule has 4 heterocycles. The van der Waals surface area contributed by atoms with Crippen molar-refractivity contribution in [2.45, 2.75) is 25.8 Å². The van der Waals surface area contributed by atoms with Crippen molar-refractivity contribution in [2.24, 2.45) is 7.05 Å². The largest absolute Gasteiger partial charge is 0.366 e. The van der Waals surface area contributed by atoms with E-state index in [-0.39, 0.29) is 6.04 Å². The molecule has 198 valence electrons. The first-order valence-electron chi connectivity index (χ1n) is 13.1. The van der Waals surface area contributed by atoms with Crippen LogP contribution in [0.4, 0.5) is 21.7 Å². The number of benzene rings is 2. The highest BCUT2D eigenvalue weighted by atomic mass is 19.1. The average molecular weight is 525 g/mol. The van der Waals surface area contributed by atoms with Crippen molar-refractivity contribution in [1.29, 1.82) is 0 Å². The highest BCUT2D eigenvalue weighted by molar-refractivity contribution is 6.47. The van der Waals surface area contributed by atoms with Gasteiger partial charge in [0.15, 0.2) is 5.82 Å². The van der Waals surface area contributed by atoms with Crippen LogP contribution in [-0.2, 0) is 18.3 Å². The number of amides is 1. The van der Waals surface area contributed by atoms with Crippen molar-refractivity contribution in [3.63, 3.8) is 0 Å². The summed E-state index contributed by atoms with van der Waals surface area (Å²) in [5, 5.41) is 2.83. The summed E-state index contributed by atoms with van der Waals surface area (Å²) >= 11 is 0. The maximum absolute atomic E-state index is 13.4. The predicted octanol–water partition coefficient (Wildman–Crippen LogP) is 4.39. The van der Waals surface area contributed by atoms with Crippen LogP contribution >= 0.6 is 0 Å². The molecular weight excluding hydrogens is 495 g/mol. The fraction of sp³-hybridized carbons (Fsp3) is 0.267. The molecule has 2 aliphatic heterocycles. The van der Waals surface area contributed by atoms with Crippen LogP contribution in [0.3, 0.4) is 0 Å². The highest BCUT2D eigenvalue weighted by Gasteiger charge is 2.34. The Hall–Kier alpha value is -4.53. The third-order valence-corrected chi connectivity index (χ3v) is 7.67. The van der Waals surface area contributed by atoms with Gasteiger partial charge in [0.2, 0.25) is 5.95 Å². The van der Waals surface area contributed by atoms with Crippen LogP contribution in [0.25, 0.3) is 11.1 Å². The lowest BCUT2D eigenvalue weighted by Crippen LogP contribution is -2.39. The second-order valence-electron chi connectivity index (χ2n) is 10.2. The molecule has 0 spiro atoms. The van der Waals surface area contributed by atoms with Crippen molar-refractivity contribution in [2.75, 3.05) is 34.8 Å². The number of nitrogens with zero attached hydrogens (tertiary/aromatic N) is 5. The zero-order valence-corrected chi connectivity index (χ0v) is 21.9. The zero-order chi connectivity index (χ0) is 27.1. The van der Waals surface area contributed by atoms with E-state index in [4.69, 9.17) is 0 Å². The minimum Gasteiger partial charge on any atom is -0.366 e. The van der Waals surface area contributed by atoms with E-state index in [9.17, 15) is 14.0 Å². The van der Waals surface area contributed by atoms with Crippen LogP contribution in [-0.4, -0.2) is 51.9 Å². The summed E-state index contributed by atoms with van der Waals surface area (Å²) in [6.07, 6.45) is 4.11. The first-order valence-corrected chi connectivity index (χ1v) is 13.1. The Bertz CT molecular complexity index is 1550. The van der Waals surface area contributed by atoms with Gasteiger partial charge in [-0.3, -0.25) is 9.59 Å². The summed E-state index contributed by atoms with van der Waals surface area (Å²) in [7, 11) is 1.80. The van der Waals surface area contributed by atoms with Gasteiger partial charge in [0.1, 0.15) is 5.69 Å². The van der Waals surface area contributed by atoms with Gasteiger partial charge in [-0.1, -0.05) is 30.3 Å². The summed E-state index contributed by atoms with van der Waals surface area (Å²) in [5.41, 5.74) is 5.75. The topological polar surface area (TPSA) is 83.4 Å². The van der Waals surface area contributed by atoms with Gasteiger partial charge in [0.25, 0.3) is 11.7 Å².